The molecule has 0 aliphatic carbocycles. The van der Waals surface area contributed by atoms with Crippen LogP contribution in [-0.4, -0.2) is 26.9 Å². The van der Waals surface area contributed by atoms with Crippen LogP contribution in [0.5, 0.6) is 0 Å². The largest absolute Gasteiger partial charge is 0.386 e. The number of hydrogen-bond donors (Lipinski definition) is 2. The summed E-state index contributed by atoms with van der Waals surface area (Å²) in [7, 11) is 3.87. The Bertz CT molecular complexity index is 283. The van der Waals surface area contributed by atoms with Gasteiger partial charge in [0.15, 0.2) is 0 Å². The Labute approximate surface area is 78.9 Å². The van der Waals surface area contributed by atoms with Crippen molar-refractivity contribution in [3.8, 4) is 0 Å². The number of nitrogens with one attached hydrogen (secondary N) is 2. The number of hydrogen-bond acceptors (Lipinski definition) is 3. The Balaban J connectivity index is 2.91. The molecule has 1 aromatic carbocycles. The smallest absolute Gasteiger partial charge is 0.0602 e. The van der Waals surface area contributed by atoms with Crippen molar-refractivity contribution in [2.24, 2.45) is 0 Å². The SMILES string of the molecule is CNc1ccccc1N(C)CC=N. The van der Waals surface area contributed by atoms with Crippen LogP contribution in [0, 0.1) is 5.41 Å². The Hall–Kier alpha value is -1.51. The maximum absolute atomic E-state index is 7.02. The van der Waals surface area contributed by atoms with Gasteiger partial charge in [-0.2, -0.15) is 0 Å². The Morgan fingerprint density at radius 1 is 1.46 bits per heavy atom. The third-order valence-corrected chi connectivity index (χ3v) is 1.95. The van der Waals surface area contributed by atoms with Gasteiger partial charge in [-0.05, 0) is 12.1 Å². The van der Waals surface area contributed by atoms with E-state index in [0.29, 0.717) is 6.54 Å². The van der Waals surface area contributed by atoms with E-state index in [9.17, 15) is 0 Å². The zero-order valence-electron chi connectivity index (χ0n) is 8.04. The summed E-state index contributed by atoms with van der Waals surface area (Å²) in [4.78, 5) is 2.03. The Kier molecular flexibility index (Phi) is 3.31. The lowest BCUT2D eigenvalue weighted by Crippen LogP contribution is -2.20. The maximum atomic E-state index is 7.02. The van der Waals surface area contributed by atoms with E-state index in [4.69, 9.17) is 5.41 Å². The van der Waals surface area contributed by atoms with Crippen LogP contribution >= 0.6 is 0 Å². The molecule has 0 amide bonds. The minimum atomic E-state index is 0.638. The van der Waals surface area contributed by atoms with Gasteiger partial charge in [0.25, 0.3) is 0 Å². The molecule has 0 heterocycles. The molecular weight excluding hydrogens is 162 g/mol. The first kappa shape index (κ1) is 9.58. The highest BCUT2D eigenvalue weighted by Gasteiger charge is 2.02. The summed E-state index contributed by atoms with van der Waals surface area (Å²) in [6.07, 6.45) is 1.40. The van der Waals surface area contributed by atoms with Crippen molar-refractivity contribution in [1.29, 1.82) is 5.41 Å². The predicted octanol–water partition coefficient (Wildman–Crippen LogP) is 1.81. The summed E-state index contributed by atoms with van der Waals surface area (Å²) < 4.78 is 0. The van der Waals surface area contributed by atoms with Gasteiger partial charge >= 0.3 is 0 Å². The second kappa shape index (κ2) is 4.50. The van der Waals surface area contributed by atoms with E-state index in [1.807, 2.05) is 43.3 Å². The first-order valence-electron chi connectivity index (χ1n) is 4.26. The van der Waals surface area contributed by atoms with E-state index >= 15 is 0 Å². The van der Waals surface area contributed by atoms with Gasteiger partial charge in [-0.1, -0.05) is 12.1 Å². The molecule has 0 aliphatic heterocycles. The Morgan fingerprint density at radius 3 is 2.77 bits per heavy atom. The molecular formula is C10H15N3. The minimum absolute atomic E-state index is 0.638. The van der Waals surface area contributed by atoms with Crippen LogP contribution in [0.25, 0.3) is 0 Å². The lowest BCUT2D eigenvalue weighted by molar-refractivity contribution is 1.07. The average molecular weight is 177 g/mol. The highest BCUT2D eigenvalue weighted by Crippen LogP contribution is 2.23. The van der Waals surface area contributed by atoms with Gasteiger partial charge in [0.1, 0.15) is 0 Å². The molecule has 70 valence electrons. The second-order valence-electron chi connectivity index (χ2n) is 2.85. The van der Waals surface area contributed by atoms with Crippen LogP contribution < -0.4 is 10.2 Å². The maximum Gasteiger partial charge on any atom is 0.0602 e. The van der Waals surface area contributed by atoms with Gasteiger partial charge in [-0.3, -0.25) is 0 Å². The van der Waals surface area contributed by atoms with E-state index in [2.05, 4.69) is 5.32 Å². The molecule has 0 atom stereocenters. The average Bonchev–Trinajstić information content (AvgIpc) is 2.18. The topological polar surface area (TPSA) is 39.1 Å². The molecule has 3 nitrogen and oxygen atoms in total. The summed E-state index contributed by atoms with van der Waals surface area (Å²) >= 11 is 0. The van der Waals surface area contributed by atoms with Crippen LogP contribution in [0.1, 0.15) is 0 Å². The lowest BCUT2D eigenvalue weighted by atomic mass is 10.2. The van der Waals surface area contributed by atoms with Gasteiger partial charge in [0.2, 0.25) is 0 Å². The van der Waals surface area contributed by atoms with E-state index < -0.39 is 0 Å². The fraction of sp³-hybridized carbons (Fsp3) is 0.300. The van der Waals surface area contributed by atoms with E-state index in [1.54, 1.807) is 0 Å². The molecule has 0 fully saturated rings. The molecule has 0 spiro atoms. The molecule has 0 aromatic heterocycles. The summed E-state index contributed by atoms with van der Waals surface area (Å²) in [6.45, 7) is 0.638. The van der Waals surface area contributed by atoms with Gasteiger partial charge in [-0.15, -0.1) is 0 Å². The van der Waals surface area contributed by atoms with Gasteiger partial charge < -0.3 is 15.6 Å². The third kappa shape index (κ3) is 2.21. The number of anilines is 2. The second-order valence-corrected chi connectivity index (χ2v) is 2.85. The van der Waals surface area contributed by atoms with Crippen LogP contribution in [0.4, 0.5) is 11.4 Å². The monoisotopic (exact) mass is 177 g/mol. The van der Waals surface area contributed by atoms with E-state index in [-0.39, 0.29) is 0 Å². The highest BCUT2D eigenvalue weighted by atomic mass is 15.1. The van der Waals surface area contributed by atoms with Crippen molar-refractivity contribution < 1.29 is 0 Å². The summed E-state index contributed by atoms with van der Waals surface area (Å²) in [5, 5.41) is 10.1. The third-order valence-electron chi connectivity index (χ3n) is 1.95. The van der Waals surface area contributed by atoms with Crippen molar-refractivity contribution >= 4 is 17.6 Å². The number of para-hydroxylation sites is 2. The molecule has 0 aliphatic rings. The molecule has 13 heavy (non-hydrogen) atoms. The van der Waals surface area contributed by atoms with Crippen molar-refractivity contribution in [3.63, 3.8) is 0 Å². The molecule has 2 N–H and O–H groups in total. The number of rotatable bonds is 4. The predicted molar refractivity (Wildman–Crippen MR) is 58.0 cm³/mol. The molecule has 1 aromatic rings. The molecule has 0 bridgehead atoms. The minimum Gasteiger partial charge on any atom is -0.386 e. The summed E-state index contributed by atoms with van der Waals surface area (Å²) in [5.74, 6) is 0. The molecule has 0 unspecified atom stereocenters. The Morgan fingerprint density at radius 2 is 2.15 bits per heavy atom. The molecule has 0 saturated carbocycles. The summed E-state index contributed by atoms with van der Waals surface area (Å²) in [6, 6.07) is 8.05. The van der Waals surface area contributed by atoms with Crippen molar-refractivity contribution in [2.75, 3.05) is 30.9 Å². The lowest BCUT2D eigenvalue weighted by Gasteiger charge is -2.19. The molecule has 0 saturated heterocycles. The zero-order chi connectivity index (χ0) is 9.68. The normalized spacial score (nSPS) is 9.38. The first-order valence-corrected chi connectivity index (χ1v) is 4.26. The quantitative estimate of drug-likeness (QED) is 0.688. The number of benzene rings is 1. The van der Waals surface area contributed by atoms with Crippen LogP contribution in [0.3, 0.4) is 0 Å². The fourth-order valence-corrected chi connectivity index (χ4v) is 1.25. The number of nitrogens with zero attached hydrogens (tertiary/aromatic N) is 1. The molecule has 3 heteroatoms. The van der Waals surface area contributed by atoms with Gasteiger partial charge in [-0.25, -0.2) is 0 Å². The summed E-state index contributed by atoms with van der Waals surface area (Å²) in [5.41, 5.74) is 2.21. The zero-order valence-corrected chi connectivity index (χ0v) is 8.04. The molecule has 0 radical (unpaired) electrons. The van der Waals surface area contributed by atoms with E-state index in [0.717, 1.165) is 11.4 Å². The van der Waals surface area contributed by atoms with Crippen molar-refractivity contribution in [2.45, 2.75) is 0 Å². The van der Waals surface area contributed by atoms with Crippen LogP contribution in [-0.2, 0) is 0 Å². The van der Waals surface area contributed by atoms with Crippen LogP contribution in [0.2, 0.25) is 0 Å². The van der Waals surface area contributed by atoms with Crippen LogP contribution in [0.15, 0.2) is 24.3 Å². The van der Waals surface area contributed by atoms with E-state index in [1.165, 1.54) is 6.21 Å². The standard InChI is InChI=1S/C10H15N3/c1-12-9-5-3-4-6-10(9)13(2)8-7-11/h3-7,11-12H,8H2,1-2H3. The highest BCUT2D eigenvalue weighted by molar-refractivity contribution is 5.73. The van der Waals surface area contributed by atoms with Gasteiger partial charge in [0, 0.05) is 20.3 Å². The van der Waals surface area contributed by atoms with Crippen molar-refractivity contribution in [1.82, 2.24) is 0 Å². The molecule has 1 rings (SSSR count). The van der Waals surface area contributed by atoms with Crippen molar-refractivity contribution in [3.05, 3.63) is 24.3 Å². The fourth-order valence-electron chi connectivity index (χ4n) is 1.25. The first-order chi connectivity index (χ1) is 6.29. The van der Waals surface area contributed by atoms with Gasteiger partial charge in [0.05, 0.1) is 17.9 Å².